The molecule has 0 aliphatic carbocycles. The van der Waals surface area contributed by atoms with Gasteiger partial charge in [0.1, 0.15) is 23.9 Å². The molecule has 2 N–H and O–H groups in total. The van der Waals surface area contributed by atoms with Crippen LogP contribution in [0.1, 0.15) is 10.4 Å². The molecule has 1 aliphatic rings. The van der Waals surface area contributed by atoms with Crippen molar-refractivity contribution in [3.05, 3.63) is 71.2 Å². The first kappa shape index (κ1) is 29.3. The number of carbonyl (C=O) groups is 2. The van der Waals surface area contributed by atoms with Gasteiger partial charge in [0.15, 0.2) is 0 Å². The number of methoxy groups -OCH3 is 2. The number of benzene rings is 3. The Morgan fingerprint density at radius 3 is 2.42 bits per heavy atom. The Balaban J connectivity index is 1.32. The summed E-state index contributed by atoms with van der Waals surface area (Å²) in [4.78, 5) is 27.9. The van der Waals surface area contributed by atoms with E-state index in [1.807, 2.05) is 6.07 Å². The molecule has 10 nitrogen and oxygen atoms in total. The molecule has 40 heavy (non-hydrogen) atoms. The lowest BCUT2D eigenvalue weighted by molar-refractivity contribution is 0.0322. The summed E-state index contributed by atoms with van der Waals surface area (Å²) >= 11 is 10.5. The van der Waals surface area contributed by atoms with Crippen molar-refractivity contribution in [2.24, 2.45) is 0 Å². The molecule has 12 heteroatoms. The second-order valence-electron chi connectivity index (χ2n) is 8.76. The lowest BCUT2D eigenvalue weighted by atomic mass is 10.2. The Morgan fingerprint density at radius 1 is 1.00 bits per heavy atom. The number of morpholine rings is 1. The van der Waals surface area contributed by atoms with Gasteiger partial charge in [0, 0.05) is 37.0 Å². The number of nitrogens with zero attached hydrogens (tertiary/aromatic N) is 2. The molecule has 1 fully saturated rings. The van der Waals surface area contributed by atoms with Crippen LogP contribution in [0.3, 0.4) is 0 Å². The van der Waals surface area contributed by atoms with Gasteiger partial charge in [-0.25, -0.2) is 9.10 Å². The SMILES string of the molecule is COc1cc(OC)c(NC(=O)N(S)c2ccc(NC(=O)c3cccc(OCCN4CCOCC4)c3)cc2)cc1Cl. The molecule has 3 aromatic carbocycles. The van der Waals surface area contributed by atoms with Crippen LogP contribution in [-0.2, 0) is 4.74 Å². The van der Waals surface area contributed by atoms with Crippen LogP contribution in [0.25, 0.3) is 0 Å². The maximum atomic E-state index is 12.8. The number of nitrogens with one attached hydrogen (secondary N) is 2. The first-order valence-corrected chi connectivity index (χ1v) is 13.3. The lowest BCUT2D eigenvalue weighted by Gasteiger charge is -2.26. The van der Waals surface area contributed by atoms with Crippen LogP contribution in [0.2, 0.25) is 5.02 Å². The van der Waals surface area contributed by atoms with Crippen LogP contribution in [0.4, 0.5) is 21.9 Å². The van der Waals surface area contributed by atoms with Gasteiger partial charge in [-0.1, -0.05) is 30.5 Å². The van der Waals surface area contributed by atoms with Gasteiger partial charge in [0.2, 0.25) is 0 Å². The largest absolute Gasteiger partial charge is 0.495 e. The molecule has 0 unspecified atom stereocenters. The number of amides is 3. The number of thiol groups is 1. The van der Waals surface area contributed by atoms with E-state index in [0.717, 1.165) is 37.2 Å². The minimum Gasteiger partial charge on any atom is -0.495 e. The van der Waals surface area contributed by atoms with Crippen molar-refractivity contribution in [1.29, 1.82) is 0 Å². The molecule has 212 valence electrons. The monoisotopic (exact) mass is 586 g/mol. The lowest BCUT2D eigenvalue weighted by Crippen LogP contribution is -2.38. The van der Waals surface area contributed by atoms with Gasteiger partial charge in [-0.2, -0.15) is 0 Å². The van der Waals surface area contributed by atoms with Crippen LogP contribution in [0.15, 0.2) is 60.7 Å². The first-order valence-electron chi connectivity index (χ1n) is 12.5. The fraction of sp³-hybridized carbons (Fsp3) is 0.286. The standard InChI is InChI=1S/C28H31ClN4O6S/c1-36-25-18-26(37-2)24(17-23(25)29)31-28(35)33(40)21-8-6-20(7-9-21)30-27(34)19-4-3-5-22(16-19)39-15-12-32-10-13-38-14-11-32/h3-9,16-18,40H,10-15H2,1-2H3,(H,30,34)(H,31,35). The molecule has 3 aromatic rings. The Labute approximate surface area is 243 Å². The van der Waals surface area contributed by atoms with Crippen LogP contribution in [0, 0.1) is 0 Å². The molecule has 4 rings (SSSR count). The number of ether oxygens (including phenoxy) is 4. The number of hydrogen-bond donors (Lipinski definition) is 3. The molecule has 1 heterocycles. The number of halogens is 1. The average Bonchev–Trinajstić information content (AvgIpc) is 2.98. The smallest absolute Gasteiger partial charge is 0.336 e. The summed E-state index contributed by atoms with van der Waals surface area (Å²) < 4.78 is 22.8. The summed E-state index contributed by atoms with van der Waals surface area (Å²) in [5, 5.41) is 5.89. The summed E-state index contributed by atoms with van der Waals surface area (Å²) in [6.07, 6.45) is 0. The van der Waals surface area contributed by atoms with Gasteiger partial charge in [-0.3, -0.25) is 9.69 Å². The average molecular weight is 587 g/mol. The summed E-state index contributed by atoms with van der Waals surface area (Å²) in [7, 11) is 2.96. The second-order valence-corrected chi connectivity index (χ2v) is 9.57. The number of hydrogen-bond acceptors (Lipinski definition) is 8. The predicted molar refractivity (Wildman–Crippen MR) is 159 cm³/mol. The predicted octanol–water partition coefficient (Wildman–Crippen LogP) is 5.20. The van der Waals surface area contributed by atoms with Crippen molar-refractivity contribution in [2.45, 2.75) is 0 Å². The molecule has 3 amide bonds. The minimum atomic E-state index is -0.537. The summed E-state index contributed by atoms with van der Waals surface area (Å²) in [6.45, 7) is 4.60. The third-order valence-electron chi connectivity index (χ3n) is 6.15. The number of carbonyl (C=O) groups excluding carboxylic acids is 2. The Bertz CT molecular complexity index is 1320. The van der Waals surface area contributed by atoms with Crippen LogP contribution in [-0.4, -0.2) is 70.5 Å². The summed E-state index contributed by atoms with van der Waals surface area (Å²) in [5.74, 6) is 1.14. The van der Waals surface area contributed by atoms with Gasteiger partial charge in [0.25, 0.3) is 5.91 Å². The van der Waals surface area contributed by atoms with E-state index in [9.17, 15) is 9.59 Å². The molecule has 1 saturated heterocycles. The van der Waals surface area contributed by atoms with Crippen molar-refractivity contribution < 1.29 is 28.5 Å². The van der Waals surface area contributed by atoms with Crippen LogP contribution >= 0.6 is 24.4 Å². The molecule has 1 aliphatic heterocycles. The van der Waals surface area contributed by atoms with Crippen molar-refractivity contribution in [3.63, 3.8) is 0 Å². The maximum Gasteiger partial charge on any atom is 0.336 e. The van der Waals surface area contributed by atoms with Gasteiger partial charge >= 0.3 is 6.03 Å². The van der Waals surface area contributed by atoms with E-state index in [1.165, 1.54) is 20.3 Å². The van der Waals surface area contributed by atoms with Gasteiger partial charge in [0.05, 0.1) is 43.8 Å². The molecule has 0 saturated carbocycles. The van der Waals surface area contributed by atoms with Crippen molar-refractivity contribution in [3.8, 4) is 17.2 Å². The number of rotatable bonds is 10. The highest BCUT2D eigenvalue weighted by Crippen LogP contribution is 2.36. The molecule has 0 atom stereocenters. The van der Waals surface area contributed by atoms with Crippen molar-refractivity contribution in [2.75, 3.05) is 68.6 Å². The zero-order valence-electron chi connectivity index (χ0n) is 22.2. The third-order valence-corrected chi connectivity index (χ3v) is 6.86. The van der Waals surface area contributed by atoms with Crippen molar-refractivity contribution in [1.82, 2.24) is 4.90 Å². The molecule has 0 aromatic heterocycles. The minimum absolute atomic E-state index is 0.282. The van der Waals surface area contributed by atoms with Gasteiger partial charge < -0.3 is 29.6 Å². The van der Waals surface area contributed by atoms with Gasteiger partial charge in [-0.15, -0.1) is 0 Å². The van der Waals surface area contributed by atoms with Crippen LogP contribution < -0.4 is 29.1 Å². The Kier molecular flexibility index (Phi) is 10.4. The van der Waals surface area contributed by atoms with E-state index >= 15 is 0 Å². The van der Waals surface area contributed by atoms with E-state index in [2.05, 4.69) is 28.3 Å². The fourth-order valence-corrected chi connectivity index (χ4v) is 4.40. The summed E-state index contributed by atoms with van der Waals surface area (Å²) in [6, 6.07) is 16.3. The molecule has 0 spiro atoms. The zero-order chi connectivity index (χ0) is 28.5. The van der Waals surface area contributed by atoms with Gasteiger partial charge in [-0.05, 0) is 48.5 Å². The normalized spacial score (nSPS) is 13.3. The van der Waals surface area contributed by atoms with E-state index in [-0.39, 0.29) is 5.91 Å². The van der Waals surface area contributed by atoms with E-state index in [4.69, 9.17) is 30.5 Å². The second kappa shape index (κ2) is 14.1. The number of urea groups is 1. The third kappa shape index (κ3) is 7.72. The highest BCUT2D eigenvalue weighted by atomic mass is 35.5. The fourth-order valence-electron chi connectivity index (χ4n) is 3.98. The van der Waals surface area contributed by atoms with E-state index < -0.39 is 6.03 Å². The van der Waals surface area contributed by atoms with E-state index in [1.54, 1.807) is 48.5 Å². The highest BCUT2D eigenvalue weighted by molar-refractivity contribution is 7.82. The highest BCUT2D eigenvalue weighted by Gasteiger charge is 2.17. The number of anilines is 3. The zero-order valence-corrected chi connectivity index (χ0v) is 23.8. The van der Waals surface area contributed by atoms with Crippen LogP contribution in [0.5, 0.6) is 17.2 Å². The molecular weight excluding hydrogens is 556 g/mol. The first-order chi connectivity index (χ1) is 19.4. The maximum absolute atomic E-state index is 12.8. The Morgan fingerprint density at radius 2 is 1.73 bits per heavy atom. The van der Waals surface area contributed by atoms with E-state index in [0.29, 0.717) is 51.5 Å². The molecular formula is C28H31ClN4O6S. The van der Waals surface area contributed by atoms with Crippen molar-refractivity contribution >= 4 is 53.4 Å². The summed E-state index contributed by atoms with van der Waals surface area (Å²) in [5.41, 5.74) is 1.86. The Hall–Kier alpha value is -3.64. The quantitative estimate of drug-likeness (QED) is 0.281. The topological polar surface area (TPSA) is 102 Å². The molecule has 0 radical (unpaired) electrons. The molecule has 0 bridgehead atoms.